The van der Waals surface area contributed by atoms with Gasteiger partial charge in [0.2, 0.25) is 0 Å². The van der Waals surface area contributed by atoms with Crippen LogP contribution in [-0.4, -0.2) is 16.9 Å². The summed E-state index contributed by atoms with van der Waals surface area (Å²) in [6.07, 6.45) is 5.20. The number of hydrogen-bond acceptors (Lipinski definition) is 6. The number of hydroxylamine groups is 2. The summed E-state index contributed by atoms with van der Waals surface area (Å²) in [5.74, 6) is -0.557. The second-order valence-corrected chi connectivity index (χ2v) is 9.26. The van der Waals surface area contributed by atoms with E-state index in [1.165, 1.54) is 0 Å². The molecule has 2 fully saturated rings. The van der Waals surface area contributed by atoms with Crippen LogP contribution in [0.1, 0.15) is 44.9 Å². The number of para-hydroxylation sites is 2. The van der Waals surface area contributed by atoms with Crippen LogP contribution in [0.5, 0.6) is 11.5 Å². The molecular weight excluding hydrogens is 405 g/mol. The molecule has 1 saturated carbocycles. The van der Waals surface area contributed by atoms with E-state index in [0.717, 1.165) is 32.1 Å². The lowest BCUT2D eigenvalue weighted by Gasteiger charge is -2.41. The summed E-state index contributed by atoms with van der Waals surface area (Å²) in [5, 5.41) is 0.576. The minimum absolute atomic E-state index is 0.190. The van der Waals surface area contributed by atoms with Crippen LogP contribution in [0.15, 0.2) is 60.7 Å². The van der Waals surface area contributed by atoms with Crippen LogP contribution in [0.3, 0.4) is 0 Å². The zero-order valence-corrected chi connectivity index (χ0v) is 17.5. The molecule has 0 atom stereocenters. The van der Waals surface area contributed by atoms with Gasteiger partial charge in [-0.1, -0.05) is 55.7 Å². The van der Waals surface area contributed by atoms with Crippen molar-refractivity contribution in [3.63, 3.8) is 0 Å². The maximum Gasteiger partial charge on any atom is 0.610 e. The van der Waals surface area contributed by atoms with Crippen molar-refractivity contribution in [3.8, 4) is 11.5 Å². The predicted octanol–water partition coefficient (Wildman–Crippen LogP) is 5.28. The van der Waals surface area contributed by atoms with Gasteiger partial charge in [-0.15, -0.1) is 9.69 Å². The van der Waals surface area contributed by atoms with Gasteiger partial charge < -0.3 is 9.05 Å². The molecule has 1 heterocycles. The molecule has 1 saturated heterocycles. The van der Waals surface area contributed by atoms with Gasteiger partial charge in [-0.3, -0.25) is 9.59 Å². The predicted molar refractivity (Wildman–Crippen MR) is 109 cm³/mol. The molecule has 0 radical (unpaired) electrons. The van der Waals surface area contributed by atoms with E-state index in [1.54, 1.807) is 60.7 Å². The number of hydrogen-bond donors (Lipinski definition) is 0. The third-order valence-corrected chi connectivity index (χ3v) is 6.75. The Hall–Kier alpha value is -2.63. The minimum atomic E-state index is -4.37. The highest BCUT2D eigenvalue weighted by Gasteiger charge is 2.48. The van der Waals surface area contributed by atoms with Crippen LogP contribution < -0.4 is 9.05 Å². The smallest absolute Gasteiger partial charge is 0.394 e. The van der Waals surface area contributed by atoms with E-state index >= 15 is 0 Å². The van der Waals surface area contributed by atoms with Gasteiger partial charge in [-0.05, 0) is 42.5 Å². The fourth-order valence-electron chi connectivity index (χ4n) is 4.11. The van der Waals surface area contributed by atoms with Gasteiger partial charge in [0.25, 0.3) is 11.8 Å². The van der Waals surface area contributed by atoms with Crippen molar-refractivity contribution in [2.45, 2.75) is 44.9 Å². The fraction of sp³-hybridized carbons (Fsp3) is 0.364. The maximum atomic E-state index is 13.5. The molecule has 4 rings (SSSR count). The SMILES string of the molecule is O=C1CC2(CCCCC2)CC(=O)N1OP(=O)(Oc1ccccc1)Oc1ccccc1. The standard InChI is InChI=1S/C22H24NO6P/c24-20-16-22(14-8-3-9-15-22)17-21(25)23(20)29-30(26,27-18-10-4-1-5-11-18)28-19-12-6-2-7-13-19/h1-2,4-7,10-13H,3,8-9,14-17H2. The van der Waals surface area contributed by atoms with Gasteiger partial charge in [0.05, 0.1) is 0 Å². The van der Waals surface area contributed by atoms with Gasteiger partial charge >= 0.3 is 7.82 Å². The Balaban J connectivity index is 1.56. The fourth-order valence-corrected chi connectivity index (χ4v) is 5.35. The third kappa shape index (κ3) is 4.74. The number of rotatable bonds is 6. The van der Waals surface area contributed by atoms with Crippen molar-refractivity contribution in [1.82, 2.24) is 5.06 Å². The molecule has 0 N–H and O–H groups in total. The van der Waals surface area contributed by atoms with E-state index in [0.29, 0.717) is 5.06 Å². The molecule has 2 amide bonds. The summed E-state index contributed by atoms with van der Waals surface area (Å²) in [6.45, 7) is 0. The van der Waals surface area contributed by atoms with E-state index < -0.39 is 19.6 Å². The first-order valence-electron chi connectivity index (χ1n) is 10.1. The first-order chi connectivity index (χ1) is 14.5. The lowest BCUT2D eigenvalue weighted by atomic mass is 9.68. The van der Waals surface area contributed by atoms with E-state index in [4.69, 9.17) is 13.7 Å². The molecule has 158 valence electrons. The zero-order chi connectivity index (χ0) is 21.0. The molecule has 2 aromatic carbocycles. The van der Waals surface area contributed by atoms with Crippen LogP contribution in [0.2, 0.25) is 0 Å². The number of amides is 2. The van der Waals surface area contributed by atoms with E-state index in [1.807, 2.05) is 0 Å². The maximum absolute atomic E-state index is 13.5. The molecule has 1 aliphatic carbocycles. The molecule has 2 aliphatic rings. The summed E-state index contributed by atoms with van der Waals surface area (Å²) >= 11 is 0. The van der Waals surface area contributed by atoms with E-state index in [9.17, 15) is 14.2 Å². The Kier molecular flexibility index (Phi) is 5.93. The molecule has 8 heteroatoms. The van der Waals surface area contributed by atoms with Crippen molar-refractivity contribution < 1.29 is 27.8 Å². The quantitative estimate of drug-likeness (QED) is 0.459. The van der Waals surface area contributed by atoms with Gasteiger partial charge in [-0.25, -0.2) is 4.57 Å². The van der Waals surface area contributed by atoms with E-state index in [-0.39, 0.29) is 29.8 Å². The highest BCUT2D eigenvalue weighted by molar-refractivity contribution is 7.49. The molecular formula is C22H24NO6P. The Morgan fingerprint density at radius 1 is 0.733 bits per heavy atom. The number of imide groups is 1. The second-order valence-electron chi connectivity index (χ2n) is 7.83. The highest BCUT2D eigenvalue weighted by Crippen LogP contribution is 2.52. The van der Waals surface area contributed by atoms with Gasteiger partial charge in [0.1, 0.15) is 11.5 Å². The molecule has 7 nitrogen and oxygen atoms in total. The van der Waals surface area contributed by atoms with Crippen LogP contribution in [-0.2, 0) is 18.8 Å². The molecule has 0 aromatic heterocycles. The summed E-state index contributed by atoms with van der Waals surface area (Å²) < 4.78 is 29.9. The number of nitrogens with zero attached hydrogens (tertiary/aromatic N) is 1. The second kappa shape index (κ2) is 8.62. The highest BCUT2D eigenvalue weighted by atomic mass is 31.2. The summed E-state index contributed by atoms with van der Waals surface area (Å²) in [4.78, 5) is 25.6. The molecule has 2 aromatic rings. The molecule has 30 heavy (non-hydrogen) atoms. The summed E-state index contributed by atoms with van der Waals surface area (Å²) in [5.41, 5.74) is -0.309. The van der Waals surface area contributed by atoms with Gasteiger partial charge in [-0.2, -0.15) is 0 Å². The number of benzene rings is 2. The first kappa shape index (κ1) is 20.6. The van der Waals surface area contributed by atoms with Crippen LogP contribution in [0, 0.1) is 5.41 Å². The van der Waals surface area contributed by atoms with Crippen LogP contribution in [0.4, 0.5) is 0 Å². The number of piperidine rings is 1. The molecule has 1 aliphatic heterocycles. The largest absolute Gasteiger partial charge is 0.610 e. The van der Waals surface area contributed by atoms with Crippen molar-refractivity contribution in [2.75, 3.05) is 0 Å². The number of carbonyl (C=O) groups excluding carboxylic acids is 2. The van der Waals surface area contributed by atoms with Crippen molar-refractivity contribution in [3.05, 3.63) is 60.7 Å². The number of phosphoric ester groups is 1. The summed E-state index contributed by atoms with van der Waals surface area (Å²) in [7, 11) is -4.37. The van der Waals surface area contributed by atoms with Crippen molar-refractivity contribution >= 4 is 19.6 Å². The topological polar surface area (TPSA) is 82.1 Å². The zero-order valence-electron chi connectivity index (χ0n) is 16.6. The number of carbonyl (C=O) groups is 2. The summed E-state index contributed by atoms with van der Waals surface area (Å²) in [6, 6.07) is 16.7. The monoisotopic (exact) mass is 429 g/mol. The minimum Gasteiger partial charge on any atom is -0.394 e. The molecule has 1 spiro atoms. The normalized spacial score (nSPS) is 19.0. The average molecular weight is 429 g/mol. The lowest BCUT2D eigenvalue weighted by Crippen LogP contribution is -2.48. The Bertz CT molecular complexity index is 877. The number of phosphoric acid groups is 1. The Morgan fingerprint density at radius 3 is 1.67 bits per heavy atom. The third-order valence-electron chi connectivity index (χ3n) is 5.52. The molecule has 0 bridgehead atoms. The van der Waals surface area contributed by atoms with Crippen LogP contribution >= 0.6 is 7.82 Å². The van der Waals surface area contributed by atoms with Gasteiger partial charge in [0.15, 0.2) is 0 Å². The van der Waals surface area contributed by atoms with Crippen molar-refractivity contribution in [1.29, 1.82) is 0 Å². The Morgan fingerprint density at radius 2 is 1.20 bits per heavy atom. The first-order valence-corrected chi connectivity index (χ1v) is 11.6. The Labute approximate surface area is 175 Å². The molecule has 0 unspecified atom stereocenters. The average Bonchev–Trinajstić information content (AvgIpc) is 2.73. The van der Waals surface area contributed by atoms with Crippen LogP contribution in [0.25, 0.3) is 0 Å². The van der Waals surface area contributed by atoms with E-state index in [2.05, 4.69) is 0 Å². The lowest BCUT2D eigenvalue weighted by molar-refractivity contribution is -0.185. The van der Waals surface area contributed by atoms with Crippen molar-refractivity contribution in [2.24, 2.45) is 5.41 Å². The van der Waals surface area contributed by atoms with Gasteiger partial charge in [0, 0.05) is 12.8 Å².